The summed E-state index contributed by atoms with van der Waals surface area (Å²) in [5, 5.41) is 16.9. The minimum atomic E-state index is -5.08. The number of aromatic nitrogens is 4. The molecule has 12 heteroatoms. The molecular weight excluding hydrogens is 431 g/mol. The van der Waals surface area contributed by atoms with Gasteiger partial charge >= 0.3 is 18.1 Å². The average molecular weight is 447 g/mol. The molecule has 0 fully saturated rings. The molecule has 4 heterocycles. The molecule has 0 bridgehead atoms. The summed E-state index contributed by atoms with van der Waals surface area (Å²) in [6, 6.07) is 5.31. The summed E-state index contributed by atoms with van der Waals surface area (Å²) in [5.41, 5.74) is 3.25. The van der Waals surface area contributed by atoms with Crippen LogP contribution in [0.3, 0.4) is 0 Å². The Morgan fingerprint density at radius 2 is 1.62 bits per heavy atom. The zero-order valence-corrected chi connectivity index (χ0v) is 16.3. The van der Waals surface area contributed by atoms with E-state index < -0.39 is 18.1 Å². The first-order valence-electron chi connectivity index (χ1n) is 9.15. The summed E-state index contributed by atoms with van der Waals surface area (Å²) >= 11 is 0. The lowest BCUT2D eigenvalue weighted by atomic mass is 9.93. The molecule has 4 rings (SSSR count). The Kier molecular flexibility index (Phi) is 6.61. The fourth-order valence-corrected chi connectivity index (χ4v) is 3.13. The molecular formula is C20H16F3N5O4. The van der Waals surface area contributed by atoms with E-state index in [1.54, 1.807) is 49.2 Å². The highest BCUT2D eigenvalue weighted by Crippen LogP contribution is 2.30. The maximum atomic E-state index is 11.9. The maximum Gasteiger partial charge on any atom is 0.490 e. The van der Waals surface area contributed by atoms with Crippen LogP contribution < -0.4 is 4.90 Å². The molecule has 0 amide bonds. The maximum absolute atomic E-state index is 11.9. The largest absolute Gasteiger partial charge is 0.490 e. The number of aliphatic carboxylic acids is 1. The molecule has 0 radical (unpaired) electrons. The fourth-order valence-electron chi connectivity index (χ4n) is 3.13. The predicted octanol–water partition coefficient (Wildman–Crippen LogP) is 2.83. The second-order valence-electron chi connectivity index (χ2n) is 6.55. The van der Waals surface area contributed by atoms with E-state index in [9.17, 15) is 23.1 Å². The van der Waals surface area contributed by atoms with Crippen molar-refractivity contribution in [3.05, 3.63) is 65.9 Å². The minimum absolute atomic E-state index is 0.275. The number of nitrogens with zero attached hydrogens (tertiary/aromatic N) is 5. The van der Waals surface area contributed by atoms with Gasteiger partial charge in [-0.15, -0.1) is 0 Å². The van der Waals surface area contributed by atoms with E-state index >= 15 is 0 Å². The Morgan fingerprint density at radius 1 is 1.00 bits per heavy atom. The Hall–Kier alpha value is -4.09. The van der Waals surface area contributed by atoms with Gasteiger partial charge < -0.3 is 15.1 Å². The number of anilines is 1. The van der Waals surface area contributed by atoms with Crippen molar-refractivity contribution < 1.29 is 33.0 Å². The van der Waals surface area contributed by atoms with Crippen LogP contribution in [0, 0.1) is 0 Å². The Labute approximate surface area is 179 Å². The van der Waals surface area contributed by atoms with Crippen LogP contribution in [0.1, 0.15) is 21.5 Å². The molecule has 1 aliphatic heterocycles. The van der Waals surface area contributed by atoms with E-state index in [1.165, 1.54) is 0 Å². The molecule has 32 heavy (non-hydrogen) atoms. The number of carbonyl (C=O) groups is 2. The van der Waals surface area contributed by atoms with Crippen molar-refractivity contribution in [2.24, 2.45) is 0 Å². The molecule has 9 nitrogen and oxygen atoms in total. The van der Waals surface area contributed by atoms with Crippen LogP contribution in [0.5, 0.6) is 0 Å². The highest BCUT2D eigenvalue weighted by Gasteiger charge is 2.38. The normalized spacial score (nSPS) is 12.9. The van der Waals surface area contributed by atoms with Gasteiger partial charge in [-0.2, -0.15) is 13.2 Å². The van der Waals surface area contributed by atoms with Gasteiger partial charge in [-0.1, -0.05) is 0 Å². The first-order chi connectivity index (χ1) is 15.2. The van der Waals surface area contributed by atoms with Crippen LogP contribution in [0.4, 0.5) is 19.1 Å². The number of aromatic carboxylic acids is 1. The number of hydrogen-bond acceptors (Lipinski definition) is 7. The first kappa shape index (κ1) is 22.6. The summed E-state index contributed by atoms with van der Waals surface area (Å²) < 4.78 is 31.7. The molecule has 0 atom stereocenters. The van der Waals surface area contributed by atoms with Crippen LogP contribution in [-0.4, -0.2) is 54.8 Å². The summed E-state index contributed by atoms with van der Waals surface area (Å²) in [6.07, 6.45) is 3.95. The monoisotopic (exact) mass is 447 g/mol. The quantitative estimate of drug-likeness (QED) is 0.622. The van der Waals surface area contributed by atoms with E-state index in [4.69, 9.17) is 9.90 Å². The third kappa shape index (κ3) is 5.14. The van der Waals surface area contributed by atoms with Gasteiger partial charge in [-0.05, 0) is 35.7 Å². The van der Waals surface area contributed by atoms with Crippen molar-refractivity contribution in [3.63, 3.8) is 0 Å². The molecule has 0 saturated carbocycles. The molecule has 166 valence electrons. The lowest BCUT2D eigenvalue weighted by molar-refractivity contribution is -0.192. The van der Waals surface area contributed by atoms with Crippen molar-refractivity contribution in [1.82, 2.24) is 19.9 Å². The number of carboxylic acids is 2. The number of pyridine rings is 2. The van der Waals surface area contributed by atoms with Crippen molar-refractivity contribution in [1.29, 1.82) is 0 Å². The molecule has 3 aromatic heterocycles. The molecule has 1 aliphatic rings. The van der Waals surface area contributed by atoms with Crippen LogP contribution in [0.25, 0.3) is 11.3 Å². The van der Waals surface area contributed by atoms with Crippen molar-refractivity contribution in [2.75, 3.05) is 11.4 Å². The smallest absolute Gasteiger partial charge is 0.478 e. The van der Waals surface area contributed by atoms with Crippen molar-refractivity contribution in [3.8, 4) is 11.3 Å². The van der Waals surface area contributed by atoms with Gasteiger partial charge in [0, 0.05) is 49.6 Å². The van der Waals surface area contributed by atoms with Gasteiger partial charge in [0.15, 0.2) is 0 Å². The van der Waals surface area contributed by atoms with Crippen molar-refractivity contribution >= 4 is 17.9 Å². The van der Waals surface area contributed by atoms with Crippen LogP contribution in [-0.2, 0) is 17.8 Å². The predicted molar refractivity (Wildman–Crippen MR) is 105 cm³/mol. The first-order valence-corrected chi connectivity index (χ1v) is 9.15. The lowest BCUT2D eigenvalue weighted by Gasteiger charge is -2.29. The Morgan fingerprint density at radius 3 is 2.19 bits per heavy atom. The summed E-state index contributed by atoms with van der Waals surface area (Å²) in [5.74, 6) is -3.07. The van der Waals surface area contributed by atoms with E-state index in [0.717, 1.165) is 16.7 Å². The molecule has 0 aromatic carbocycles. The van der Waals surface area contributed by atoms with E-state index in [2.05, 4.69) is 19.9 Å². The second kappa shape index (κ2) is 9.37. The number of carboxylic acid groups (broad SMARTS) is 2. The van der Waals surface area contributed by atoms with E-state index in [0.29, 0.717) is 31.2 Å². The second-order valence-corrected chi connectivity index (χ2v) is 6.55. The number of halogens is 3. The topological polar surface area (TPSA) is 129 Å². The van der Waals surface area contributed by atoms with Gasteiger partial charge in [-0.3, -0.25) is 9.97 Å². The van der Waals surface area contributed by atoms with Gasteiger partial charge in [0.05, 0.1) is 11.3 Å². The molecule has 2 N–H and O–H groups in total. The third-order valence-corrected chi connectivity index (χ3v) is 4.51. The Balaban J connectivity index is 0.000000360. The summed E-state index contributed by atoms with van der Waals surface area (Å²) in [6.45, 7) is 1.21. The van der Waals surface area contributed by atoms with Gasteiger partial charge in [-0.25, -0.2) is 19.6 Å². The third-order valence-electron chi connectivity index (χ3n) is 4.51. The lowest BCUT2D eigenvalue weighted by Crippen LogP contribution is -2.33. The zero-order valence-electron chi connectivity index (χ0n) is 16.3. The zero-order chi connectivity index (χ0) is 23.3. The molecule has 0 saturated heterocycles. The SMILES string of the molecule is O=C(O)C(F)(F)F.O=C(O)c1c(-c2ccncc2)ncc2c1CCN(c1ncccn1)C2. The number of rotatable bonds is 3. The van der Waals surface area contributed by atoms with Gasteiger partial charge in [0.25, 0.3) is 0 Å². The number of alkyl halides is 3. The van der Waals surface area contributed by atoms with Gasteiger partial charge in [0.2, 0.25) is 5.95 Å². The van der Waals surface area contributed by atoms with Crippen LogP contribution in [0.15, 0.2) is 49.2 Å². The average Bonchev–Trinajstić information content (AvgIpc) is 2.78. The summed E-state index contributed by atoms with van der Waals surface area (Å²) in [7, 11) is 0. The van der Waals surface area contributed by atoms with E-state index in [-0.39, 0.29) is 5.56 Å². The van der Waals surface area contributed by atoms with Crippen LogP contribution >= 0.6 is 0 Å². The number of hydrogen-bond donors (Lipinski definition) is 2. The highest BCUT2D eigenvalue weighted by molar-refractivity contribution is 5.97. The number of fused-ring (bicyclic) bond motifs is 1. The standard InChI is InChI=1S/C18H15N5O2.C2HF3O2/c24-17(25)15-14-4-9-23(18-20-5-1-6-21-18)11-13(14)10-22-16(15)12-2-7-19-8-3-12;3-2(4,5)1(6)7/h1-3,5-8,10H,4,9,11H2,(H,24,25);(H,6,7). The highest BCUT2D eigenvalue weighted by atomic mass is 19.4. The minimum Gasteiger partial charge on any atom is -0.478 e. The van der Waals surface area contributed by atoms with Crippen molar-refractivity contribution in [2.45, 2.75) is 19.1 Å². The molecule has 0 unspecified atom stereocenters. The fraction of sp³-hybridized carbons (Fsp3) is 0.200. The Bertz CT molecular complexity index is 1110. The van der Waals surface area contributed by atoms with Gasteiger partial charge in [0.1, 0.15) is 0 Å². The molecule has 0 aliphatic carbocycles. The van der Waals surface area contributed by atoms with Crippen LogP contribution in [0.2, 0.25) is 0 Å². The molecule has 3 aromatic rings. The van der Waals surface area contributed by atoms with E-state index in [1.807, 2.05) is 4.90 Å². The summed E-state index contributed by atoms with van der Waals surface area (Å²) in [4.78, 5) is 39.8. The molecule has 0 spiro atoms.